The molecule has 0 radical (unpaired) electrons. The van der Waals surface area contributed by atoms with Crippen molar-refractivity contribution < 1.29 is 17.2 Å². The molecule has 2 N–H and O–H groups in total. The Kier molecular flexibility index (Phi) is 4.59. The highest BCUT2D eigenvalue weighted by Gasteiger charge is 2.29. The number of aromatic nitrogens is 3. The van der Waals surface area contributed by atoms with Crippen molar-refractivity contribution in [1.29, 1.82) is 0 Å². The van der Waals surface area contributed by atoms with Crippen LogP contribution < -0.4 is 5.73 Å². The van der Waals surface area contributed by atoms with E-state index >= 15 is 0 Å². The Bertz CT molecular complexity index is 1270. The third-order valence-electron chi connectivity index (χ3n) is 4.27. The fourth-order valence-electron chi connectivity index (χ4n) is 2.82. The van der Waals surface area contributed by atoms with Gasteiger partial charge in [0.25, 0.3) is 0 Å². The number of hydrogen-bond donors (Lipinski definition) is 1. The summed E-state index contributed by atoms with van der Waals surface area (Å²) in [6.07, 6.45) is 0. The Morgan fingerprint density at radius 1 is 0.793 bits per heavy atom. The SMILES string of the molecule is Nc1ccc(-n2nnc(S(=O)(=O)c3ccc(F)cc3)c2-c2ccc(F)cc2)cc1. The summed E-state index contributed by atoms with van der Waals surface area (Å²) in [5, 5.41) is 7.57. The van der Waals surface area contributed by atoms with Crippen LogP contribution in [0.25, 0.3) is 16.9 Å². The van der Waals surface area contributed by atoms with Gasteiger partial charge in [-0.25, -0.2) is 21.9 Å². The lowest BCUT2D eigenvalue weighted by molar-refractivity contribution is 0.591. The molecule has 146 valence electrons. The molecule has 0 saturated heterocycles. The Hall–Kier alpha value is -3.59. The minimum Gasteiger partial charge on any atom is -0.399 e. The number of hydrogen-bond acceptors (Lipinski definition) is 5. The molecule has 29 heavy (non-hydrogen) atoms. The number of nitrogen functional groups attached to an aromatic ring is 1. The third-order valence-corrected chi connectivity index (χ3v) is 5.95. The smallest absolute Gasteiger partial charge is 0.227 e. The Balaban J connectivity index is 1.96. The molecule has 1 heterocycles. The van der Waals surface area contributed by atoms with E-state index in [0.717, 1.165) is 24.3 Å². The molecular formula is C20H14F2N4O2S. The molecule has 6 nitrogen and oxygen atoms in total. The van der Waals surface area contributed by atoms with Gasteiger partial charge in [0.05, 0.1) is 10.6 Å². The highest BCUT2D eigenvalue weighted by Crippen LogP contribution is 2.32. The second kappa shape index (κ2) is 7.10. The number of benzene rings is 3. The molecule has 0 aliphatic rings. The van der Waals surface area contributed by atoms with Gasteiger partial charge in [0.1, 0.15) is 17.3 Å². The standard InChI is InChI=1S/C20H14F2N4O2S/c21-14-3-1-13(2-4-14)19-20(29(27,28)18-11-5-15(22)6-12-18)24-25-26(19)17-9-7-16(23)8-10-17/h1-12H,23H2. The monoisotopic (exact) mass is 412 g/mol. The third kappa shape index (κ3) is 3.47. The van der Waals surface area contributed by atoms with Crippen molar-refractivity contribution in [2.45, 2.75) is 9.92 Å². The summed E-state index contributed by atoms with van der Waals surface area (Å²) >= 11 is 0. The van der Waals surface area contributed by atoms with Gasteiger partial charge in [-0.2, -0.15) is 0 Å². The molecule has 1 aromatic heterocycles. The number of halogens is 2. The van der Waals surface area contributed by atoms with E-state index in [1.165, 1.54) is 28.9 Å². The molecule has 9 heteroatoms. The lowest BCUT2D eigenvalue weighted by Crippen LogP contribution is -2.06. The van der Waals surface area contributed by atoms with E-state index in [1.54, 1.807) is 24.3 Å². The number of anilines is 1. The van der Waals surface area contributed by atoms with E-state index in [-0.39, 0.29) is 15.6 Å². The quantitative estimate of drug-likeness (QED) is 0.408. The largest absolute Gasteiger partial charge is 0.399 e. The van der Waals surface area contributed by atoms with Crippen molar-refractivity contribution in [3.63, 3.8) is 0 Å². The van der Waals surface area contributed by atoms with E-state index in [4.69, 9.17) is 5.73 Å². The fraction of sp³-hybridized carbons (Fsp3) is 0. The van der Waals surface area contributed by atoms with Crippen LogP contribution in [-0.2, 0) is 9.84 Å². The van der Waals surface area contributed by atoms with Gasteiger partial charge in [0.2, 0.25) is 14.9 Å². The van der Waals surface area contributed by atoms with Crippen molar-refractivity contribution in [3.05, 3.63) is 84.4 Å². The topological polar surface area (TPSA) is 90.9 Å². The van der Waals surface area contributed by atoms with E-state index in [2.05, 4.69) is 10.3 Å². The molecule has 0 fully saturated rings. The predicted molar refractivity (Wildman–Crippen MR) is 103 cm³/mol. The van der Waals surface area contributed by atoms with Crippen molar-refractivity contribution >= 4 is 15.5 Å². The first-order chi connectivity index (χ1) is 13.9. The molecule has 0 aliphatic carbocycles. The van der Waals surface area contributed by atoms with Crippen LogP contribution in [0.4, 0.5) is 14.5 Å². The van der Waals surface area contributed by atoms with E-state index < -0.39 is 21.5 Å². The average molecular weight is 412 g/mol. The first kappa shape index (κ1) is 18.8. The van der Waals surface area contributed by atoms with Crippen LogP contribution in [0.1, 0.15) is 0 Å². The van der Waals surface area contributed by atoms with Crippen LogP contribution in [0.15, 0.2) is 82.7 Å². The Morgan fingerprint density at radius 2 is 1.34 bits per heavy atom. The summed E-state index contributed by atoms with van der Waals surface area (Å²) in [7, 11) is -4.12. The van der Waals surface area contributed by atoms with E-state index in [1.807, 2.05) is 0 Å². The zero-order valence-electron chi connectivity index (χ0n) is 14.8. The number of sulfone groups is 1. The highest BCUT2D eigenvalue weighted by atomic mass is 32.2. The van der Waals surface area contributed by atoms with Gasteiger partial charge in [-0.3, -0.25) is 0 Å². The first-order valence-corrected chi connectivity index (χ1v) is 9.93. The van der Waals surface area contributed by atoms with Crippen molar-refractivity contribution in [3.8, 4) is 16.9 Å². The summed E-state index contributed by atoms with van der Waals surface area (Å²) in [5.74, 6) is -1.03. The van der Waals surface area contributed by atoms with Crippen LogP contribution in [0.5, 0.6) is 0 Å². The molecule has 0 unspecified atom stereocenters. The maximum atomic E-state index is 13.4. The van der Waals surface area contributed by atoms with Gasteiger partial charge >= 0.3 is 0 Å². The molecular weight excluding hydrogens is 398 g/mol. The molecule has 3 aromatic carbocycles. The van der Waals surface area contributed by atoms with E-state index in [0.29, 0.717) is 16.9 Å². The van der Waals surface area contributed by atoms with E-state index in [9.17, 15) is 17.2 Å². The zero-order chi connectivity index (χ0) is 20.6. The lowest BCUT2D eigenvalue weighted by Gasteiger charge is -2.09. The molecule has 4 aromatic rings. The van der Waals surface area contributed by atoms with Crippen molar-refractivity contribution in [2.24, 2.45) is 0 Å². The Labute approximate surface area is 165 Å². The van der Waals surface area contributed by atoms with Gasteiger partial charge in [0, 0.05) is 11.3 Å². The summed E-state index contributed by atoms with van der Waals surface area (Å²) < 4.78 is 54.4. The highest BCUT2D eigenvalue weighted by molar-refractivity contribution is 7.91. The van der Waals surface area contributed by atoms with Crippen LogP contribution >= 0.6 is 0 Å². The molecule has 0 aliphatic heterocycles. The van der Waals surface area contributed by atoms with Gasteiger partial charge < -0.3 is 5.73 Å². The maximum absolute atomic E-state index is 13.4. The van der Waals surface area contributed by atoms with Crippen molar-refractivity contribution in [1.82, 2.24) is 15.0 Å². The molecule has 0 bridgehead atoms. The van der Waals surface area contributed by atoms with Crippen molar-refractivity contribution in [2.75, 3.05) is 5.73 Å². The lowest BCUT2D eigenvalue weighted by atomic mass is 10.1. The van der Waals surface area contributed by atoms with Gasteiger partial charge in [-0.15, -0.1) is 5.10 Å². The van der Waals surface area contributed by atoms with Crippen LogP contribution in [-0.4, -0.2) is 23.4 Å². The van der Waals surface area contributed by atoms with Gasteiger partial charge in [0.15, 0.2) is 0 Å². The molecule has 0 atom stereocenters. The minimum atomic E-state index is -4.12. The fourth-order valence-corrected chi connectivity index (χ4v) is 4.14. The zero-order valence-corrected chi connectivity index (χ0v) is 15.6. The minimum absolute atomic E-state index is 0.133. The van der Waals surface area contributed by atoms with Gasteiger partial charge in [-0.05, 0) is 72.8 Å². The predicted octanol–water partition coefficient (Wildman–Crippen LogP) is 3.63. The van der Waals surface area contributed by atoms with Crippen LogP contribution in [0.3, 0.4) is 0 Å². The second-order valence-electron chi connectivity index (χ2n) is 6.21. The van der Waals surface area contributed by atoms with Gasteiger partial charge in [-0.1, -0.05) is 5.21 Å². The summed E-state index contributed by atoms with van der Waals surface area (Å²) in [6.45, 7) is 0. The molecule has 0 amide bonds. The van der Waals surface area contributed by atoms with Crippen LogP contribution in [0.2, 0.25) is 0 Å². The summed E-state index contributed by atoms with van der Waals surface area (Å²) in [6, 6.07) is 16.3. The maximum Gasteiger partial charge on any atom is 0.227 e. The summed E-state index contributed by atoms with van der Waals surface area (Å²) in [5.41, 5.74) is 7.31. The number of nitrogens with zero attached hydrogens (tertiary/aromatic N) is 3. The first-order valence-electron chi connectivity index (χ1n) is 8.44. The normalized spacial score (nSPS) is 11.5. The second-order valence-corrected chi connectivity index (χ2v) is 8.08. The number of rotatable bonds is 4. The average Bonchev–Trinajstić information content (AvgIpc) is 3.15. The molecule has 4 rings (SSSR count). The Morgan fingerprint density at radius 3 is 1.93 bits per heavy atom. The number of nitrogens with two attached hydrogens (primary N) is 1. The molecule has 0 saturated carbocycles. The molecule has 0 spiro atoms. The van der Waals surface area contributed by atoms with Crippen LogP contribution in [0, 0.1) is 11.6 Å². The summed E-state index contributed by atoms with van der Waals surface area (Å²) in [4.78, 5) is -0.133.